The van der Waals surface area contributed by atoms with Crippen molar-refractivity contribution >= 4 is 23.2 Å². The van der Waals surface area contributed by atoms with Gasteiger partial charge < -0.3 is 10.0 Å². The lowest BCUT2D eigenvalue weighted by Gasteiger charge is -2.14. The number of aromatic hydroxyl groups is 1. The molecule has 0 saturated carbocycles. The molecule has 140 valence electrons. The van der Waals surface area contributed by atoms with Crippen molar-refractivity contribution in [3.63, 3.8) is 0 Å². The van der Waals surface area contributed by atoms with Gasteiger partial charge in [0, 0.05) is 35.8 Å². The van der Waals surface area contributed by atoms with Crippen molar-refractivity contribution in [1.29, 1.82) is 0 Å². The molecule has 3 aromatic rings. The highest BCUT2D eigenvalue weighted by Gasteiger charge is 2.25. The van der Waals surface area contributed by atoms with Crippen molar-refractivity contribution in [2.24, 2.45) is 0 Å². The van der Waals surface area contributed by atoms with E-state index in [1.807, 2.05) is 0 Å². The molecule has 27 heavy (non-hydrogen) atoms. The first-order valence-corrected chi connectivity index (χ1v) is 9.13. The van der Waals surface area contributed by atoms with Crippen molar-refractivity contribution in [3.8, 4) is 5.88 Å². The second-order valence-electron chi connectivity index (χ2n) is 6.70. The molecule has 1 N–H and O–H groups in total. The van der Waals surface area contributed by atoms with E-state index in [-0.39, 0.29) is 23.2 Å². The van der Waals surface area contributed by atoms with Crippen LogP contribution in [0.4, 0.5) is 4.39 Å². The molecule has 1 aliphatic heterocycles. The number of likely N-dealkylation sites (tertiary alicyclic amines) is 1. The Labute approximate surface area is 160 Å². The third-order valence-electron chi connectivity index (χ3n) is 4.93. The number of aryl methyl sites for hydroxylation is 1. The lowest BCUT2D eigenvalue weighted by molar-refractivity contribution is 0.0794. The van der Waals surface area contributed by atoms with Crippen LogP contribution >= 0.6 is 11.6 Å². The van der Waals surface area contributed by atoms with E-state index in [1.165, 1.54) is 22.8 Å². The van der Waals surface area contributed by atoms with Gasteiger partial charge in [-0.15, -0.1) is 0 Å². The number of carbonyl (C=O) groups excluding carboxylic acids is 1. The highest BCUT2D eigenvalue weighted by molar-refractivity contribution is 6.31. The van der Waals surface area contributed by atoms with Crippen LogP contribution in [0, 0.1) is 12.7 Å². The second kappa shape index (κ2) is 6.81. The fourth-order valence-electron chi connectivity index (χ4n) is 3.42. The summed E-state index contributed by atoms with van der Waals surface area (Å²) in [4.78, 5) is 19.0. The SMILES string of the molecule is Cc1nc2c(C(=O)N3CCCC3)cnn2c(O)c1Cc1ccc(F)cc1Cl. The predicted octanol–water partition coefficient (Wildman–Crippen LogP) is 3.36. The number of hydrogen-bond donors (Lipinski definition) is 1. The maximum Gasteiger partial charge on any atom is 0.259 e. The average molecular weight is 389 g/mol. The van der Waals surface area contributed by atoms with E-state index in [0.717, 1.165) is 25.9 Å². The molecular formula is C19H18ClFN4O2. The van der Waals surface area contributed by atoms with Crippen molar-refractivity contribution in [1.82, 2.24) is 19.5 Å². The molecule has 1 aliphatic rings. The van der Waals surface area contributed by atoms with Gasteiger partial charge in [-0.3, -0.25) is 4.79 Å². The van der Waals surface area contributed by atoms with Crippen LogP contribution in [0.5, 0.6) is 5.88 Å². The molecule has 1 fully saturated rings. The zero-order valence-corrected chi connectivity index (χ0v) is 15.5. The van der Waals surface area contributed by atoms with Crippen LogP contribution in [-0.4, -0.2) is 43.6 Å². The minimum absolute atomic E-state index is 0.0987. The Balaban J connectivity index is 1.74. The Bertz CT molecular complexity index is 1040. The summed E-state index contributed by atoms with van der Waals surface area (Å²) in [5, 5.41) is 15.1. The molecule has 4 rings (SSSR count). The van der Waals surface area contributed by atoms with E-state index in [1.54, 1.807) is 17.9 Å². The van der Waals surface area contributed by atoms with Gasteiger partial charge in [0.25, 0.3) is 5.91 Å². The van der Waals surface area contributed by atoms with Crippen LogP contribution in [-0.2, 0) is 6.42 Å². The highest BCUT2D eigenvalue weighted by atomic mass is 35.5. The second-order valence-corrected chi connectivity index (χ2v) is 7.11. The molecule has 0 bridgehead atoms. The Morgan fingerprint density at radius 2 is 2.07 bits per heavy atom. The molecule has 2 aromatic heterocycles. The first-order chi connectivity index (χ1) is 13.0. The van der Waals surface area contributed by atoms with Gasteiger partial charge in [-0.2, -0.15) is 9.61 Å². The molecule has 0 unspecified atom stereocenters. The van der Waals surface area contributed by atoms with E-state index in [0.29, 0.717) is 28.0 Å². The van der Waals surface area contributed by atoms with Gasteiger partial charge in [0.2, 0.25) is 5.88 Å². The molecule has 6 nitrogen and oxygen atoms in total. The molecular weight excluding hydrogens is 371 g/mol. The Morgan fingerprint density at radius 1 is 1.33 bits per heavy atom. The highest BCUT2D eigenvalue weighted by Crippen LogP contribution is 2.29. The first kappa shape index (κ1) is 17.7. The normalized spacial score (nSPS) is 14.3. The first-order valence-electron chi connectivity index (χ1n) is 8.75. The van der Waals surface area contributed by atoms with Crippen LogP contribution in [0.2, 0.25) is 5.02 Å². The van der Waals surface area contributed by atoms with Crippen LogP contribution in [0.3, 0.4) is 0 Å². The summed E-state index contributed by atoms with van der Waals surface area (Å²) in [6, 6.07) is 4.13. The van der Waals surface area contributed by atoms with Crippen LogP contribution in [0.15, 0.2) is 24.4 Å². The van der Waals surface area contributed by atoms with E-state index in [9.17, 15) is 14.3 Å². The van der Waals surface area contributed by atoms with Crippen molar-refractivity contribution < 1.29 is 14.3 Å². The Morgan fingerprint density at radius 3 is 2.78 bits per heavy atom. The lowest BCUT2D eigenvalue weighted by atomic mass is 10.0. The number of carbonyl (C=O) groups is 1. The minimum Gasteiger partial charge on any atom is -0.493 e. The topological polar surface area (TPSA) is 70.7 Å². The van der Waals surface area contributed by atoms with E-state index in [2.05, 4.69) is 10.1 Å². The van der Waals surface area contributed by atoms with Crippen molar-refractivity contribution in [3.05, 3.63) is 57.6 Å². The van der Waals surface area contributed by atoms with Crippen molar-refractivity contribution in [2.45, 2.75) is 26.2 Å². The zero-order valence-electron chi connectivity index (χ0n) is 14.7. The molecule has 1 amide bonds. The fraction of sp³-hybridized carbons (Fsp3) is 0.316. The summed E-state index contributed by atoms with van der Waals surface area (Å²) >= 11 is 6.11. The summed E-state index contributed by atoms with van der Waals surface area (Å²) in [6.07, 6.45) is 3.70. The monoisotopic (exact) mass is 388 g/mol. The van der Waals surface area contributed by atoms with E-state index >= 15 is 0 Å². The predicted molar refractivity (Wildman–Crippen MR) is 98.7 cm³/mol. The molecule has 0 aliphatic carbocycles. The summed E-state index contributed by atoms with van der Waals surface area (Å²) < 4.78 is 14.5. The molecule has 1 aromatic carbocycles. The Hall–Kier alpha value is -2.67. The number of amides is 1. The molecule has 0 atom stereocenters. The van der Waals surface area contributed by atoms with Gasteiger partial charge in [0.15, 0.2) is 5.65 Å². The largest absolute Gasteiger partial charge is 0.493 e. The Kier molecular flexibility index (Phi) is 4.47. The summed E-state index contributed by atoms with van der Waals surface area (Å²) in [7, 11) is 0. The number of aromatic nitrogens is 3. The maximum absolute atomic E-state index is 13.3. The zero-order chi connectivity index (χ0) is 19.1. The van der Waals surface area contributed by atoms with Crippen LogP contribution in [0.1, 0.15) is 40.0 Å². The lowest BCUT2D eigenvalue weighted by Crippen LogP contribution is -2.27. The third-order valence-corrected chi connectivity index (χ3v) is 5.28. The van der Waals surface area contributed by atoms with Gasteiger partial charge in [0.1, 0.15) is 11.4 Å². The number of hydrogen-bond acceptors (Lipinski definition) is 4. The number of fused-ring (bicyclic) bond motifs is 1. The molecule has 8 heteroatoms. The smallest absolute Gasteiger partial charge is 0.259 e. The average Bonchev–Trinajstić information content (AvgIpc) is 3.29. The molecule has 3 heterocycles. The molecule has 1 saturated heterocycles. The van der Waals surface area contributed by atoms with Crippen LogP contribution < -0.4 is 0 Å². The maximum atomic E-state index is 13.3. The van der Waals surface area contributed by atoms with Crippen LogP contribution in [0.25, 0.3) is 5.65 Å². The standard InChI is InChI=1S/C19H18ClFN4O2/c1-11-14(8-12-4-5-13(21)9-16(12)20)19(27)25-17(23-11)15(10-22-25)18(26)24-6-2-3-7-24/h4-5,9-10,27H,2-3,6-8H2,1H3. The van der Waals surface area contributed by atoms with E-state index < -0.39 is 5.82 Å². The fourth-order valence-corrected chi connectivity index (χ4v) is 3.66. The number of rotatable bonds is 3. The quantitative estimate of drug-likeness (QED) is 0.746. The van der Waals surface area contributed by atoms with Gasteiger partial charge in [-0.25, -0.2) is 9.37 Å². The molecule has 0 spiro atoms. The number of benzene rings is 1. The van der Waals surface area contributed by atoms with E-state index in [4.69, 9.17) is 11.6 Å². The van der Waals surface area contributed by atoms with Gasteiger partial charge in [0.05, 0.1) is 6.20 Å². The number of halogens is 2. The van der Waals surface area contributed by atoms with Gasteiger partial charge >= 0.3 is 0 Å². The summed E-state index contributed by atoms with van der Waals surface area (Å²) in [6.45, 7) is 3.20. The minimum atomic E-state index is -0.421. The van der Waals surface area contributed by atoms with Gasteiger partial charge in [-0.1, -0.05) is 17.7 Å². The summed E-state index contributed by atoms with van der Waals surface area (Å²) in [5.74, 6) is -0.642. The van der Waals surface area contributed by atoms with Gasteiger partial charge in [-0.05, 0) is 37.5 Å². The summed E-state index contributed by atoms with van der Waals surface area (Å²) in [5.41, 5.74) is 2.46. The third kappa shape index (κ3) is 3.12. The number of nitrogens with zero attached hydrogens (tertiary/aromatic N) is 4. The molecule has 0 radical (unpaired) electrons. The van der Waals surface area contributed by atoms with Crippen molar-refractivity contribution in [2.75, 3.05) is 13.1 Å².